The second-order valence-corrected chi connectivity index (χ2v) is 2.90. The number of benzene rings is 1. The summed E-state index contributed by atoms with van der Waals surface area (Å²) in [5.74, 6) is 0.984. The van der Waals surface area contributed by atoms with Crippen molar-refractivity contribution in [2.24, 2.45) is 0 Å². The summed E-state index contributed by atoms with van der Waals surface area (Å²) in [6.45, 7) is 2.00. The van der Waals surface area contributed by atoms with Crippen LogP contribution in [0.3, 0.4) is 0 Å². The van der Waals surface area contributed by atoms with Crippen molar-refractivity contribution in [3.63, 3.8) is 0 Å². The largest absolute Gasteiger partial charge is 0.497 e. The average Bonchev–Trinajstić information content (AvgIpc) is 2.18. The number of hydrogen-bond donors (Lipinski definition) is 0. The molecule has 0 atom stereocenters. The van der Waals surface area contributed by atoms with Gasteiger partial charge in [0.05, 0.1) is 7.11 Å². The number of methoxy groups -OCH3 is 1. The fourth-order valence-electron chi connectivity index (χ4n) is 1.15. The number of ether oxygens (including phenoxy) is 1. The highest BCUT2D eigenvalue weighted by Gasteiger charge is 2.03. The van der Waals surface area contributed by atoms with Gasteiger partial charge in [0.2, 0.25) is 0 Å². The van der Waals surface area contributed by atoms with Gasteiger partial charge in [0.25, 0.3) is 0 Å². The topological polar surface area (TPSA) is 26.3 Å². The fraction of sp³-hybridized carbons (Fsp3) is 0.364. The SMILES string of the molecule is CCCC(=O)c1ccc(OC)cc1.Cl. The van der Waals surface area contributed by atoms with E-state index in [1.165, 1.54) is 0 Å². The molecule has 0 aliphatic rings. The normalized spacial score (nSPS) is 9.00. The molecule has 0 saturated heterocycles. The van der Waals surface area contributed by atoms with Gasteiger partial charge in [0.1, 0.15) is 5.75 Å². The first-order valence-corrected chi connectivity index (χ1v) is 4.45. The first-order chi connectivity index (χ1) is 6.27. The molecule has 0 heterocycles. The zero-order chi connectivity index (χ0) is 9.68. The van der Waals surface area contributed by atoms with Gasteiger partial charge in [-0.2, -0.15) is 0 Å². The maximum atomic E-state index is 11.4. The smallest absolute Gasteiger partial charge is 0.162 e. The Labute approximate surface area is 90.7 Å². The van der Waals surface area contributed by atoms with E-state index in [0.717, 1.165) is 17.7 Å². The highest BCUT2D eigenvalue weighted by molar-refractivity contribution is 5.96. The van der Waals surface area contributed by atoms with Crippen molar-refractivity contribution in [1.29, 1.82) is 0 Å². The molecule has 1 aromatic carbocycles. The average molecular weight is 215 g/mol. The molecule has 0 saturated carbocycles. The molecular weight excluding hydrogens is 200 g/mol. The molecule has 0 fully saturated rings. The molecule has 0 unspecified atom stereocenters. The van der Waals surface area contributed by atoms with Crippen molar-refractivity contribution in [2.75, 3.05) is 7.11 Å². The zero-order valence-electron chi connectivity index (χ0n) is 8.45. The number of Topliss-reactive ketones (excluding diaryl/α,β-unsaturated/α-hetero) is 1. The summed E-state index contributed by atoms with van der Waals surface area (Å²) in [5, 5.41) is 0. The van der Waals surface area contributed by atoms with E-state index in [0.29, 0.717) is 6.42 Å². The Morgan fingerprint density at radius 2 is 1.86 bits per heavy atom. The summed E-state index contributed by atoms with van der Waals surface area (Å²) in [5.41, 5.74) is 0.766. The number of carbonyl (C=O) groups excluding carboxylic acids is 1. The molecule has 14 heavy (non-hydrogen) atoms. The molecule has 1 rings (SSSR count). The van der Waals surface area contributed by atoms with Gasteiger partial charge in [-0.3, -0.25) is 4.79 Å². The molecule has 1 aromatic rings. The van der Waals surface area contributed by atoms with Crippen LogP contribution in [0.4, 0.5) is 0 Å². The highest BCUT2D eigenvalue weighted by Crippen LogP contribution is 2.12. The highest BCUT2D eigenvalue weighted by atomic mass is 35.5. The molecule has 3 heteroatoms. The van der Waals surface area contributed by atoms with Crippen LogP contribution in [-0.4, -0.2) is 12.9 Å². The second-order valence-electron chi connectivity index (χ2n) is 2.90. The number of hydrogen-bond acceptors (Lipinski definition) is 2. The van der Waals surface area contributed by atoms with Crippen LogP contribution in [0.1, 0.15) is 30.1 Å². The van der Waals surface area contributed by atoms with Crippen molar-refractivity contribution in [3.8, 4) is 5.75 Å². The van der Waals surface area contributed by atoms with Gasteiger partial charge in [0, 0.05) is 12.0 Å². The van der Waals surface area contributed by atoms with Gasteiger partial charge in [0.15, 0.2) is 5.78 Å². The van der Waals surface area contributed by atoms with Crippen LogP contribution < -0.4 is 4.74 Å². The zero-order valence-corrected chi connectivity index (χ0v) is 9.26. The number of ketones is 1. The Bertz CT molecular complexity index is 280. The van der Waals surface area contributed by atoms with Crippen LogP contribution in [-0.2, 0) is 0 Å². The van der Waals surface area contributed by atoms with Crippen LogP contribution in [0.15, 0.2) is 24.3 Å². The summed E-state index contributed by atoms with van der Waals surface area (Å²) in [7, 11) is 1.61. The summed E-state index contributed by atoms with van der Waals surface area (Å²) >= 11 is 0. The molecule has 0 radical (unpaired) electrons. The number of carbonyl (C=O) groups is 1. The van der Waals surface area contributed by atoms with Gasteiger partial charge in [-0.05, 0) is 30.7 Å². The van der Waals surface area contributed by atoms with Crippen molar-refractivity contribution in [2.45, 2.75) is 19.8 Å². The monoisotopic (exact) mass is 214 g/mol. The molecule has 0 aliphatic heterocycles. The van der Waals surface area contributed by atoms with Crippen molar-refractivity contribution >= 4 is 18.2 Å². The molecule has 2 nitrogen and oxygen atoms in total. The van der Waals surface area contributed by atoms with E-state index in [9.17, 15) is 4.79 Å². The van der Waals surface area contributed by atoms with E-state index in [1.54, 1.807) is 19.2 Å². The van der Waals surface area contributed by atoms with Crippen molar-refractivity contribution < 1.29 is 9.53 Å². The third kappa shape index (κ3) is 3.38. The molecule has 0 amide bonds. The fourth-order valence-corrected chi connectivity index (χ4v) is 1.15. The van der Waals surface area contributed by atoms with Crippen LogP contribution >= 0.6 is 12.4 Å². The minimum absolute atomic E-state index is 0. The Balaban J connectivity index is 0.00000169. The third-order valence-electron chi connectivity index (χ3n) is 1.89. The Morgan fingerprint density at radius 3 is 2.29 bits per heavy atom. The first-order valence-electron chi connectivity index (χ1n) is 4.45. The van der Waals surface area contributed by atoms with Crippen molar-refractivity contribution in [3.05, 3.63) is 29.8 Å². The summed E-state index contributed by atoms with van der Waals surface area (Å²) in [6, 6.07) is 7.22. The quantitative estimate of drug-likeness (QED) is 0.720. The summed E-state index contributed by atoms with van der Waals surface area (Å²) in [6.07, 6.45) is 1.51. The number of rotatable bonds is 4. The van der Waals surface area contributed by atoms with E-state index < -0.39 is 0 Å². The van der Waals surface area contributed by atoms with Gasteiger partial charge in [-0.1, -0.05) is 6.92 Å². The van der Waals surface area contributed by atoms with E-state index in [2.05, 4.69) is 0 Å². The summed E-state index contributed by atoms with van der Waals surface area (Å²) < 4.78 is 5.00. The van der Waals surface area contributed by atoms with Crippen LogP contribution in [0.5, 0.6) is 5.75 Å². The van der Waals surface area contributed by atoms with E-state index >= 15 is 0 Å². The minimum Gasteiger partial charge on any atom is -0.497 e. The number of halogens is 1. The molecule has 78 valence electrons. The summed E-state index contributed by atoms with van der Waals surface area (Å²) in [4.78, 5) is 11.4. The van der Waals surface area contributed by atoms with E-state index in [-0.39, 0.29) is 18.2 Å². The van der Waals surface area contributed by atoms with Gasteiger partial charge in [-0.25, -0.2) is 0 Å². The Hall–Kier alpha value is -1.02. The lowest BCUT2D eigenvalue weighted by molar-refractivity contribution is 0.0981. The van der Waals surface area contributed by atoms with Crippen LogP contribution in [0, 0.1) is 0 Å². The molecule has 0 N–H and O–H groups in total. The molecule has 0 aliphatic carbocycles. The maximum absolute atomic E-state index is 11.4. The second kappa shape index (κ2) is 6.44. The standard InChI is InChI=1S/C11H14O2.ClH/c1-3-4-11(12)9-5-7-10(13-2)8-6-9;/h5-8H,3-4H2,1-2H3;1H. The Kier molecular flexibility index (Phi) is 5.97. The molecule has 0 spiro atoms. The lowest BCUT2D eigenvalue weighted by Gasteiger charge is -2.01. The minimum atomic E-state index is 0. The van der Waals surface area contributed by atoms with Crippen LogP contribution in [0.2, 0.25) is 0 Å². The predicted octanol–water partition coefficient (Wildman–Crippen LogP) is 3.10. The molecule has 0 aromatic heterocycles. The van der Waals surface area contributed by atoms with E-state index in [4.69, 9.17) is 4.74 Å². The third-order valence-corrected chi connectivity index (χ3v) is 1.89. The van der Waals surface area contributed by atoms with Gasteiger partial charge in [-0.15, -0.1) is 12.4 Å². The van der Waals surface area contributed by atoms with Gasteiger partial charge >= 0.3 is 0 Å². The van der Waals surface area contributed by atoms with E-state index in [1.807, 2.05) is 19.1 Å². The predicted molar refractivity (Wildman–Crippen MR) is 59.5 cm³/mol. The van der Waals surface area contributed by atoms with Gasteiger partial charge < -0.3 is 4.74 Å². The first kappa shape index (κ1) is 13.0. The van der Waals surface area contributed by atoms with Crippen LogP contribution in [0.25, 0.3) is 0 Å². The van der Waals surface area contributed by atoms with Crippen molar-refractivity contribution in [1.82, 2.24) is 0 Å². The molecule has 0 bridgehead atoms. The maximum Gasteiger partial charge on any atom is 0.162 e. The lowest BCUT2D eigenvalue weighted by Crippen LogP contribution is -1.97. The lowest BCUT2D eigenvalue weighted by atomic mass is 10.1. The molecular formula is C11H15ClO2. The Morgan fingerprint density at radius 1 is 1.29 bits per heavy atom.